The Morgan fingerprint density at radius 2 is 0.638 bits per heavy atom. The first-order valence-electron chi connectivity index (χ1n) is 24.3. The van der Waals surface area contributed by atoms with E-state index in [2.05, 4.69) is 264 Å². The van der Waals surface area contributed by atoms with Crippen molar-refractivity contribution in [3.63, 3.8) is 0 Å². The highest BCUT2D eigenvalue weighted by molar-refractivity contribution is 6.69. The summed E-state index contributed by atoms with van der Waals surface area (Å²) in [5, 5.41) is 5.18. The molecule has 0 amide bonds. The summed E-state index contributed by atoms with van der Waals surface area (Å²) in [6, 6.07) is 73.5. The Kier molecular flexibility index (Phi) is 10.4. The van der Waals surface area contributed by atoms with Crippen molar-refractivity contribution in [1.29, 1.82) is 0 Å². The molecule has 0 spiro atoms. The second kappa shape index (κ2) is 16.8. The molecule has 2 aromatic heterocycles. The number of benzene rings is 10. The minimum atomic E-state index is 1.14. The van der Waals surface area contributed by atoms with Crippen LogP contribution < -0.4 is 38.2 Å². The lowest BCUT2D eigenvalue weighted by atomic mass is 9.64. The number of nitrogens with zero attached hydrogens (tertiary/aromatic N) is 2. The van der Waals surface area contributed by atoms with Crippen molar-refractivity contribution in [2.45, 2.75) is 0 Å². The van der Waals surface area contributed by atoms with Gasteiger partial charge in [-0.2, -0.15) is 0 Å². The van der Waals surface area contributed by atoms with Gasteiger partial charge in [-0.1, -0.05) is 184 Å². The quantitative estimate of drug-likeness (QED) is 0.215. The maximum absolute atomic E-state index is 2.57. The first-order valence-corrected chi connectivity index (χ1v) is 24.3. The smallest absolute Gasteiger partial charge is 0.141 e. The Labute approximate surface area is 410 Å². The van der Waals surface area contributed by atoms with Crippen molar-refractivity contribution in [3.8, 4) is 67.0 Å². The van der Waals surface area contributed by atoms with Crippen LogP contribution in [0, 0.1) is 0 Å². The van der Waals surface area contributed by atoms with Crippen molar-refractivity contribution in [2.24, 2.45) is 0 Å². The van der Waals surface area contributed by atoms with Gasteiger partial charge in [-0.05, 0) is 110 Å². The molecule has 0 N–H and O–H groups in total. The Balaban J connectivity index is 1.10. The lowest BCUT2D eigenvalue weighted by molar-refractivity contribution is 1.18. The molecule has 0 radical (unpaired) electrons. The third kappa shape index (κ3) is 6.81. The summed E-state index contributed by atoms with van der Waals surface area (Å²) in [6.07, 6.45) is 0. The lowest BCUT2D eigenvalue weighted by Gasteiger charge is -2.19. The number of aromatic nitrogens is 2. The first-order chi connectivity index (χ1) is 33.7. The average molecular weight is 872 g/mol. The summed E-state index contributed by atoms with van der Waals surface area (Å²) < 4.78 is 5.03. The van der Waals surface area contributed by atoms with Gasteiger partial charge in [0.15, 0.2) is 0 Å². The van der Waals surface area contributed by atoms with Gasteiger partial charge in [0, 0.05) is 38.6 Å². The molecule has 12 rings (SSSR count). The van der Waals surface area contributed by atoms with Gasteiger partial charge in [0.1, 0.15) is 54.9 Å². The third-order valence-corrected chi connectivity index (χ3v) is 15.5. The van der Waals surface area contributed by atoms with Crippen LogP contribution in [0.15, 0.2) is 200 Å². The monoisotopic (exact) mass is 872 g/mol. The molecule has 0 saturated carbocycles. The Morgan fingerprint density at radius 1 is 0.261 bits per heavy atom. The zero-order valence-electron chi connectivity index (χ0n) is 40.4. The molecule has 2 heterocycles. The Bertz CT molecular complexity index is 3990. The topological polar surface area (TPSA) is 9.86 Å². The third-order valence-electron chi connectivity index (χ3n) is 15.5. The molecule has 69 heavy (non-hydrogen) atoms. The van der Waals surface area contributed by atoms with E-state index in [1.807, 2.05) is 0 Å². The van der Waals surface area contributed by atoms with Gasteiger partial charge >= 0.3 is 0 Å². The molecule has 0 fully saturated rings. The Morgan fingerprint density at radius 3 is 1.17 bits per heavy atom. The van der Waals surface area contributed by atoms with Crippen LogP contribution in [0.25, 0.3) is 111 Å². The summed E-state index contributed by atoms with van der Waals surface area (Å²) in [5.41, 5.74) is 29.0. The van der Waals surface area contributed by atoms with Crippen molar-refractivity contribution >= 4 is 137 Å². The molecular weight excluding hydrogens is 824 g/mol. The first kappa shape index (κ1) is 42.6. The van der Waals surface area contributed by atoms with E-state index in [4.69, 9.17) is 0 Å². The maximum Gasteiger partial charge on any atom is 0.141 e. The van der Waals surface area contributed by atoms with Gasteiger partial charge in [0.25, 0.3) is 0 Å². The molecule has 0 unspecified atom stereocenters. The summed E-state index contributed by atoms with van der Waals surface area (Å²) in [4.78, 5) is 0. The molecule has 0 bridgehead atoms. The average Bonchev–Trinajstić information content (AvgIpc) is 3.94. The fourth-order valence-electron chi connectivity index (χ4n) is 11.5. The van der Waals surface area contributed by atoms with Crippen LogP contribution in [0.3, 0.4) is 0 Å². The van der Waals surface area contributed by atoms with E-state index in [9.17, 15) is 0 Å². The fraction of sp³-hybridized carbons (Fsp3) is 0. The zero-order valence-corrected chi connectivity index (χ0v) is 40.4. The van der Waals surface area contributed by atoms with E-state index in [0.29, 0.717) is 0 Å². The van der Waals surface area contributed by atoms with Crippen molar-refractivity contribution in [3.05, 3.63) is 200 Å². The lowest BCUT2D eigenvalue weighted by Crippen LogP contribution is -2.48. The standard InChI is InChI=1S/C60H47B7N2/c61-52-49(53(62)57(66)59-50(52)51-54(63)55(64)56(65)58(67)60(51)69(59)42-28-22-37(23-29-42)35-14-6-2-7-15-35)40-25-31-48-46(33-40)45-32-39(44-19-11-10-18-43(44)38-16-8-3-9-17-38)24-30-47(45)68(48)41-26-20-36(21-27-41)34-12-4-1-5-13-34/h1-33H,61-67H2. The van der Waals surface area contributed by atoms with Gasteiger partial charge < -0.3 is 9.13 Å². The number of fused-ring (bicyclic) bond motifs is 6. The van der Waals surface area contributed by atoms with Gasteiger partial charge in [0.2, 0.25) is 0 Å². The number of hydrogen-bond acceptors (Lipinski definition) is 0. The van der Waals surface area contributed by atoms with Crippen LogP contribution in [0.2, 0.25) is 0 Å². The molecule has 9 heteroatoms. The minimum Gasteiger partial charge on any atom is -0.310 e. The molecular formula is C60H47B7N2. The molecule has 0 saturated heterocycles. The summed E-state index contributed by atoms with van der Waals surface area (Å²) in [6.45, 7) is 0. The highest BCUT2D eigenvalue weighted by atomic mass is 15.0. The van der Waals surface area contributed by atoms with Crippen LogP contribution in [0.4, 0.5) is 0 Å². The van der Waals surface area contributed by atoms with Crippen molar-refractivity contribution < 1.29 is 0 Å². The van der Waals surface area contributed by atoms with E-state index in [0.717, 1.165) is 5.69 Å². The SMILES string of the molecule is Bc1c(B)c(B)c2c(c1B)c1c(B)c(-c3ccc4c(c3)c3cc(-c5ccccc5-c5ccccc5)ccc3n4-c3ccc(-c4ccccc4)cc3)c(B)c(B)c1n2-c1ccc(-c2ccccc2)cc1. The summed E-state index contributed by atoms with van der Waals surface area (Å²) in [7, 11) is 16.3. The van der Waals surface area contributed by atoms with E-state index in [1.54, 1.807) is 0 Å². The van der Waals surface area contributed by atoms with Crippen LogP contribution in [-0.4, -0.2) is 64.1 Å². The molecule has 318 valence electrons. The van der Waals surface area contributed by atoms with Crippen molar-refractivity contribution in [1.82, 2.24) is 9.13 Å². The van der Waals surface area contributed by atoms with Crippen molar-refractivity contribution in [2.75, 3.05) is 0 Å². The van der Waals surface area contributed by atoms with E-state index >= 15 is 0 Å². The molecule has 12 aromatic rings. The highest BCUT2D eigenvalue weighted by Gasteiger charge is 2.25. The van der Waals surface area contributed by atoms with Crippen LogP contribution in [0.5, 0.6) is 0 Å². The molecule has 10 aromatic carbocycles. The zero-order chi connectivity index (χ0) is 47.1. The summed E-state index contributed by atoms with van der Waals surface area (Å²) >= 11 is 0. The molecule has 0 atom stereocenters. The fourth-order valence-corrected chi connectivity index (χ4v) is 11.5. The number of rotatable bonds is 7. The van der Waals surface area contributed by atoms with Gasteiger partial charge in [-0.3, -0.25) is 0 Å². The predicted octanol–water partition coefficient (Wildman–Crippen LogP) is 4.02. The molecule has 0 aliphatic heterocycles. The molecule has 0 aliphatic carbocycles. The highest BCUT2D eigenvalue weighted by Crippen LogP contribution is 2.40. The summed E-state index contributed by atoms with van der Waals surface area (Å²) in [5.74, 6) is 0. The number of hydrogen-bond donors (Lipinski definition) is 0. The van der Waals surface area contributed by atoms with E-state index < -0.39 is 0 Å². The van der Waals surface area contributed by atoms with Gasteiger partial charge in [-0.25, -0.2) is 0 Å². The predicted molar refractivity (Wildman–Crippen MR) is 320 cm³/mol. The maximum atomic E-state index is 2.57. The van der Waals surface area contributed by atoms with Crippen LogP contribution in [0.1, 0.15) is 0 Å². The molecule has 2 nitrogen and oxygen atoms in total. The second-order valence-corrected chi connectivity index (χ2v) is 19.1. The largest absolute Gasteiger partial charge is 0.310 e. The molecule has 0 aliphatic rings. The van der Waals surface area contributed by atoms with Gasteiger partial charge in [0.05, 0.1) is 11.0 Å². The van der Waals surface area contributed by atoms with Gasteiger partial charge in [-0.15, -0.1) is 5.46 Å². The van der Waals surface area contributed by atoms with Crippen LogP contribution in [-0.2, 0) is 0 Å². The normalized spacial score (nSPS) is 11.6. The Hall–Kier alpha value is -7.75. The second-order valence-electron chi connectivity index (χ2n) is 19.1. The van der Waals surface area contributed by atoms with E-state index in [1.165, 1.54) is 143 Å². The minimum absolute atomic E-state index is 1.14. The van der Waals surface area contributed by atoms with Crippen LogP contribution >= 0.6 is 0 Å². The van der Waals surface area contributed by atoms with E-state index in [-0.39, 0.29) is 0 Å².